The summed E-state index contributed by atoms with van der Waals surface area (Å²) in [5.41, 5.74) is 2.66. The van der Waals surface area contributed by atoms with E-state index < -0.39 is 5.97 Å². The van der Waals surface area contributed by atoms with Crippen molar-refractivity contribution < 1.29 is 9.90 Å². The van der Waals surface area contributed by atoms with E-state index in [2.05, 4.69) is 52.7 Å². The van der Waals surface area contributed by atoms with Crippen molar-refractivity contribution in [2.24, 2.45) is 0 Å². The second-order valence-electron chi connectivity index (χ2n) is 6.05. The molecular weight excluding hydrogens is 408 g/mol. The standard InChI is InChI=1S/C21H16N2O2S3/c24-19(25)16-10-8-14(9-11-16)12-26-20-22-23-21(28-20)27-13-17-6-3-5-15-4-1-2-7-18(15)17/h1-11H,12-13H2,(H,24,25). The van der Waals surface area contributed by atoms with Crippen LogP contribution >= 0.6 is 34.9 Å². The van der Waals surface area contributed by atoms with Crippen LogP contribution in [0, 0.1) is 0 Å². The average Bonchev–Trinajstić information content (AvgIpc) is 3.19. The van der Waals surface area contributed by atoms with Gasteiger partial charge in [0.15, 0.2) is 8.68 Å². The Morgan fingerprint density at radius 2 is 1.54 bits per heavy atom. The highest BCUT2D eigenvalue weighted by molar-refractivity contribution is 8.02. The van der Waals surface area contributed by atoms with E-state index in [0.717, 1.165) is 25.7 Å². The molecule has 0 aliphatic carbocycles. The van der Waals surface area contributed by atoms with Crippen LogP contribution < -0.4 is 0 Å². The predicted octanol–water partition coefficient (Wildman–Crippen LogP) is 5.97. The van der Waals surface area contributed by atoms with Crippen LogP contribution in [0.25, 0.3) is 10.8 Å². The summed E-state index contributed by atoms with van der Waals surface area (Å²) in [5, 5.41) is 20.0. The zero-order chi connectivity index (χ0) is 19.3. The lowest BCUT2D eigenvalue weighted by Gasteiger charge is -2.04. The van der Waals surface area contributed by atoms with Crippen molar-refractivity contribution >= 4 is 51.6 Å². The molecule has 4 rings (SSSR count). The summed E-state index contributed by atoms with van der Waals surface area (Å²) in [5.74, 6) is 0.691. The molecule has 0 spiro atoms. The van der Waals surface area contributed by atoms with Gasteiger partial charge in [-0.05, 0) is 34.0 Å². The lowest BCUT2D eigenvalue weighted by Crippen LogP contribution is -1.95. The molecular formula is C21H16N2O2S3. The van der Waals surface area contributed by atoms with Crippen LogP contribution in [0.1, 0.15) is 21.5 Å². The molecule has 140 valence electrons. The van der Waals surface area contributed by atoms with E-state index in [-0.39, 0.29) is 0 Å². The van der Waals surface area contributed by atoms with Crippen molar-refractivity contribution in [3.05, 3.63) is 83.4 Å². The lowest BCUT2D eigenvalue weighted by atomic mass is 10.1. The Balaban J connectivity index is 1.36. The summed E-state index contributed by atoms with van der Waals surface area (Å²) >= 11 is 4.91. The summed E-state index contributed by atoms with van der Waals surface area (Å²) in [4.78, 5) is 10.9. The Morgan fingerprint density at radius 1 is 0.857 bits per heavy atom. The molecule has 0 atom stereocenters. The minimum Gasteiger partial charge on any atom is -0.478 e. The molecule has 0 radical (unpaired) electrons. The van der Waals surface area contributed by atoms with Gasteiger partial charge in [0, 0.05) is 11.5 Å². The average molecular weight is 425 g/mol. The third-order valence-electron chi connectivity index (χ3n) is 4.18. The molecule has 3 aromatic carbocycles. The van der Waals surface area contributed by atoms with Crippen LogP contribution in [0.3, 0.4) is 0 Å². The van der Waals surface area contributed by atoms with Crippen LogP contribution in [0.2, 0.25) is 0 Å². The molecule has 0 fully saturated rings. The molecule has 0 unspecified atom stereocenters. The van der Waals surface area contributed by atoms with Gasteiger partial charge >= 0.3 is 5.97 Å². The number of hydrogen-bond donors (Lipinski definition) is 1. The van der Waals surface area contributed by atoms with E-state index in [1.165, 1.54) is 16.3 Å². The first-order chi connectivity index (χ1) is 13.7. The highest BCUT2D eigenvalue weighted by atomic mass is 32.2. The maximum atomic E-state index is 10.9. The van der Waals surface area contributed by atoms with E-state index in [1.54, 1.807) is 47.0 Å². The molecule has 0 amide bonds. The van der Waals surface area contributed by atoms with Gasteiger partial charge in [-0.3, -0.25) is 0 Å². The fraction of sp³-hybridized carbons (Fsp3) is 0.0952. The van der Waals surface area contributed by atoms with Crippen LogP contribution in [0.15, 0.2) is 75.4 Å². The number of aromatic nitrogens is 2. The first kappa shape index (κ1) is 19.0. The van der Waals surface area contributed by atoms with Gasteiger partial charge in [0.25, 0.3) is 0 Å². The Morgan fingerprint density at radius 3 is 2.29 bits per heavy atom. The van der Waals surface area contributed by atoms with Crippen molar-refractivity contribution in [2.45, 2.75) is 20.2 Å². The molecule has 4 nitrogen and oxygen atoms in total. The zero-order valence-electron chi connectivity index (χ0n) is 14.7. The number of hydrogen-bond acceptors (Lipinski definition) is 6. The van der Waals surface area contributed by atoms with Crippen molar-refractivity contribution in [3.8, 4) is 0 Å². The molecule has 0 aliphatic rings. The summed E-state index contributed by atoms with van der Waals surface area (Å²) in [6, 6.07) is 21.7. The number of thioether (sulfide) groups is 2. The van der Waals surface area contributed by atoms with E-state index >= 15 is 0 Å². The molecule has 1 aromatic heterocycles. The van der Waals surface area contributed by atoms with E-state index in [0.29, 0.717) is 5.56 Å². The van der Waals surface area contributed by atoms with Crippen molar-refractivity contribution in [1.29, 1.82) is 0 Å². The van der Waals surface area contributed by atoms with Gasteiger partial charge in [0.2, 0.25) is 0 Å². The van der Waals surface area contributed by atoms with Gasteiger partial charge in [-0.1, -0.05) is 89.5 Å². The monoisotopic (exact) mass is 424 g/mol. The summed E-state index contributed by atoms with van der Waals surface area (Å²) < 4.78 is 1.87. The second-order valence-corrected chi connectivity index (χ2v) is 9.47. The lowest BCUT2D eigenvalue weighted by molar-refractivity contribution is 0.0697. The Labute approximate surface area is 175 Å². The summed E-state index contributed by atoms with van der Waals surface area (Å²) in [6.07, 6.45) is 0. The number of fused-ring (bicyclic) bond motifs is 1. The summed E-state index contributed by atoms with van der Waals surface area (Å²) in [6.45, 7) is 0. The van der Waals surface area contributed by atoms with Gasteiger partial charge in [-0.15, -0.1) is 10.2 Å². The minimum absolute atomic E-state index is 0.303. The Hall–Kier alpha value is -2.35. The van der Waals surface area contributed by atoms with Gasteiger partial charge in [0.1, 0.15) is 0 Å². The fourth-order valence-corrected chi connectivity index (χ4v) is 5.74. The van der Waals surface area contributed by atoms with Crippen molar-refractivity contribution in [2.75, 3.05) is 0 Å². The molecule has 7 heteroatoms. The normalized spacial score (nSPS) is 11.0. The van der Waals surface area contributed by atoms with E-state index in [1.807, 2.05) is 12.1 Å². The maximum absolute atomic E-state index is 10.9. The van der Waals surface area contributed by atoms with Crippen LogP contribution in [-0.2, 0) is 11.5 Å². The zero-order valence-corrected chi connectivity index (χ0v) is 17.2. The quantitative estimate of drug-likeness (QED) is 0.369. The van der Waals surface area contributed by atoms with Crippen LogP contribution in [0.5, 0.6) is 0 Å². The molecule has 0 aliphatic heterocycles. The smallest absolute Gasteiger partial charge is 0.335 e. The van der Waals surface area contributed by atoms with Gasteiger partial charge in [-0.25, -0.2) is 4.79 Å². The van der Waals surface area contributed by atoms with Crippen molar-refractivity contribution in [1.82, 2.24) is 10.2 Å². The number of carbonyl (C=O) groups is 1. The topological polar surface area (TPSA) is 63.1 Å². The molecule has 1 N–H and O–H groups in total. The minimum atomic E-state index is -0.906. The highest BCUT2D eigenvalue weighted by Crippen LogP contribution is 2.33. The third kappa shape index (κ3) is 4.55. The molecule has 28 heavy (non-hydrogen) atoms. The Kier molecular flexibility index (Phi) is 5.95. The number of carboxylic acids is 1. The largest absolute Gasteiger partial charge is 0.478 e. The van der Waals surface area contributed by atoms with Crippen LogP contribution in [0.4, 0.5) is 0 Å². The van der Waals surface area contributed by atoms with Gasteiger partial charge in [0.05, 0.1) is 5.56 Å². The van der Waals surface area contributed by atoms with Gasteiger partial charge < -0.3 is 5.11 Å². The second kappa shape index (κ2) is 8.77. The SMILES string of the molecule is O=C(O)c1ccc(CSc2nnc(SCc3cccc4ccccc34)s2)cc1. The number of nitrogens with zero attached hydrogens (tertiary/aromatic N) is 2. The molecule has 1 heterocycles. The van der Waals surface area contributed by atoms with Crippen LogP contribution in [-0.4, -0.2) is 21.3 Å². The molecule has 0 saturated heterocycles. The number of carboxylic acid groups (broad SMARTS) is 1. The number of benzene rings is 3. The predicted molar refractivity (Wildman–Crippen MR) is 116 cm³/mol. The van der Waals surface area contributed by atoms with E-state index in [9.17, 15) is 4.79 Å². The highest BCUT2D eigenvalue weighted by Gasteiger charge is 2.08. The first-order valence-corrected chi connectivity index (χ1v) is 11.4. The molecule has 4 aromatic rings. The molecule has 0 bridgehead atoms. The number of rotatable bonds is 7. The number of aromatic carboxylic acids is 1. The molecule has 0 saturated carbocycles. The summed E-state index contributed by atoms with van der Waals surface area (Å²) in [7, 11) is 0. The van der Waals surface area contributed by atoms with E-state index in [4.69, 9.17) is 5.11 Å². The third-order valence-corrected chi connectivity index (χ3v) is 7.49. The Bertz CT molecular complexity index is 1100. The van der Waals surface area contributed by atoms with Gasteiger partial charge in [-0.2, -0.15) is 0 Å². The van der Waals surface area contributed by atoms with Crippen molar-refractivity contribution in [3.63, 3.8) is 0 Å². The first-order valence-electron chi connectivity index (χ1n) is 8.57. The maximum Gasteiger partial charge on any atom is 0.335 e. The fourth-order valence-electron chi connectivity index (χ4n) is 2.76.